The predicted octanol–water partition coefficient (Wildman–Crippen LogP) is 2.55. The molecular formula is C14H19N3O2S2. The number of benzene rings is 1. The third kappa shape index (κ3) is 3.41. The summed E-state index contributed by atoms with van der Waals surface area (Å²) in [6.07, 6.45) is 6.20. The van der Waals surface area contributed by atoms with Crippen molar-refractivity contribution in [1.82, 2.24) is 0 Å². The fraction of sp³-hybridized carbons (Fsp3) is 0.500. The zero-order valence-electron chi connectivity index (χ0n) is 11.7. The monoisotopic (exact) mass is 325 g/mol. The van der Waals surface area contributed by atoms with Gasteiger partial charge in [-0.25, -0.2) is 13.6 Å². The molecule has 1 fully saturated rings. The lowest BCUT2D eigenvalue weighted by molar-refractivity contribution is 0.335. The minimum Gasteiger partial charge on any atom is -0.335 e. The summed E-state index contributed by atoms with van der Waals surface area (Å²) < 4.78 is 22.4. The maximum absolute atomic E-state index is 11.2. The number of rotatable bonds is 2. The van der Waals surface area contributed by atoms with E-state index in [-0.39, 0.29) is 10.4 Å². The number of hydrogen-bond acceptors (Lipinski definition) is 5. The van der Waals surface area contributed by atoms with E-state index < -0.39 is 10.0 Å². The first-order chi connectivity index (χ1) is 9.97. The molecule has 0 atom stereocenters. The second-order valence-electron chi connectivity index (χ2n) is 5.69. The van der Waals surface area contributed by atoms with Crippen molar-refractivity contribution in [2.24, 2.45) is 10.1 Å². The molecule has 0 bridgehead atoms. The predicted molar refractivity (Wildman–Crippen MR) is 87.1 cm³/mol. The highest BCUT2D eigenvalue weighted by Gasteiger charge is 2.36. The Hall–Kier alpha value is -1.05. The van der Waals surface area contributed by atoms with Crippen molar-refractivity contribution in [2.75, 3.05) is 11.1 Å². The van der Waals surface area contributed by atoms with E-state index in [2.05, 4.69) is 5.32 Å². The molecule has 7 heteroatoms. The quantitative estimate of drug-likeness (QED) is 0.875. The van der Waals surface area contributed by atoms with Gasteiger partial charge in [-0.05, 0) is 37.1 Å². The summed E-state index contributed by atoms with van der Waals surface area (Å²) in [4.78, 5) is 4.99. The number of primary sulfonamides is 1. The Morgan fingerprint density at radius 2 is 1.81 bits per heavy atom. The highest BCUT2D eigenvalue weighted by Crippen LogP contribution is 2.39. The molecule has 2 aliphatic rings. The van der Waals surface area contributed by atoms with Crippen molar-refractivity contribution >= 4 is 32.6 Å². The van der Waals surface area contributed by atoms with Gasteiger partial charge in [0, 0.05) is 11.4 Å². The summed E-state index contributed by atoms with van der Waals surface area (Å²) >= 11 is 1.75. The average Bonchev–Trinajstić information content (AvgIpc) is 2.82. The highest BCUT2D eigenvalue weighted by atomic mass is 32.2. The van der Waals surface area contributed by atoms with Gasteiger partial charge in [0.05, 0.1) is 10.4 Å². The maximum Gasteiger partial charge on any atom is 0.238 e. The molecule has 0 radical (unpaired) electrons. The van der Waals surface area contributed by atoms with Crippen LogP contribution in [0.1, 0.15) is 32.1 Å². The third-order valence-electron chi connectivity index (χ3n) is 4.03. The molecule has 1 spiro atoms. The molecule has 1 aromatic carbocycles. The van der Waals surface area contributed by atoms with Gasteiger partial charge in [-0.3, -0.25) is 4.99 Å². The molecule has 1 heterocycles. The molecule has 1 aliphatic heterocycles. The van der Waals surface area contributed by atoms with Crippen molar-refractivity contribution in [3.8, 4) is 0 Å². The molecule has 0 amide bonds. The van der Waals surface area contributed by atoms with Gasteiger partial charge in [0.25, 0.3) is 0 Å². The van der Waals surface area contributed by atoms with Gasteiger partial charge in [-0.2, -0.15) is 0 Å². The molecule has 3 rings (SSSR count). The second kappa shape index (κ2) is 5.62. The van der Waals surface area contributed by atoms with Crippen LogP contribution in [0.4, 0.5) is 5.69 Å². The van der Waals surface area contributed by atoms with Crippen LogP contribution in [0.5, 0.6) is 0 Å². The standard InChI is InChI=1S/C14H19N3O2S2/c15-21(18,19)12-6-4-11(5-7-12)16-13-17-14(10-20-13)8-2-1-3-9-14/h4-7H,1-3,8-10H2,(H,16,17)(H2,15,18,19). The summed E-state index contributed by atoms with van der Waals surface area (Å²) in [5.74, 6) is 1.05. The third-order valence-corrected chi connectivity index (χ3v) is 6.11. The van der Waals surface area contributed by atoms with Gasteiger partial charge in [0.1, 0.15) is 0 Å². The topological polar surface area (TPSA) is 84.5 Å². The van der Waals surface area contributed by atoms with Crippen LogP contribution in [0.15, 0.2) is 34.2 Å². The Balaban J connectivity index is 1.71. The molecule has 1 aromatic rings. The number of nitrogens with zero attached hydrogens (tertiary/aromatic N) is 1. The Labute approximate surface area is 129 Å². The van der Waals surface area contributed by atoms with Crippen molar-refractivity contribution in [2.45, 2.75) is 42.5 Å². The number of nitrogens with one attached hydrogen (secondary N) is 1. The van der Waals surface area contributed by atoms with E-state index in [4.69, 9.17) is 10.1 Å². The van der Waals surface area contributed by atoms with Gasteiger partial charge in [0.15, 0.2) is 5.17 Å². The van der Waals surface area contributed by atoms with Crippen molar-refractivity contribution in [3.05, 3.63) is 24.3 Å². The first kappa shape index (κ1) is 14.9. The zero-order valence-corrected chi connectivity index (χ0v) is 13.3. The van der Waals surface area contributed by atoms with Crippen LogP contribution >= 0.6 is 11.8 Å². The van der Waals surface area contributed by atoms with Crippen LogP contribution in [-0.2, 0) is 10.0 Å². The molecular weight excluding hydrogens is 306 g/mol. The molecule has 0 aromatic heterocycles. The molecule has 0 unspecified atom stereocenters. The molecule has 5 nitrogen and oxygen atoms in total. The maximum atomic E-state index is 11.2. The van der Waals surface area contributed by atoms with Crippen LogP contribution < -0.4 is 10.5 Å². The summed E-state index contributed by atoms with van der Waals surface area (Å²) in [6.45, 7) is 0. The van der Waals surface area contributed by atoms with Gasteiger partial charge >= 0.3 is 0 Å². The lowest BCUT2D eigenvalue weighted by Crippen LogP contribution is -2.29. The van der Waals surface area contributed by atoms with E-state index in [1.54, 1.807) is 23.9 Å². The largest absolute Gasteiger partial charge is 0.335 e. The van der Waals surface area contributed by atoms with Crippen LogP contribution in [0.25, 0.3) is 0 Å². The zero-order chi connectivity index (χ0) is 14.9. The highest BCUT2D eigenvalue weighted by molar-refractivity contribution is 8.14. The molecule has 0 saturated heterocycles. The first-order valence-electron chi connectivity index (χ1n) is 7.10. The van der Waals surface area contributed by atoms with Crippen LogP contribution in [0.2, 0.25) is 0 Å². The number of nitrogens with two attached hydrogens (primary N) is 1. The van der Waals surface area contributed by atoms with Gasteiger partial charge in [-0.15, -0.1) is 0 Å². The number of amidine groups is 1. The fourth-order valence-corrected chi connectivity index (χ4v) is 4.59. The van der Waals surface area contributed by atoms with E-state index in [0.717, 1.165) is 16.6 Å². The molecule has 1 saturated carbocycles. The van der Waals surface area contributed by atoms with Gasteiger partial charge < -0.3 is 5.32 Å². The first-order valence-corrected chi connectivity index (χ1v) is 9.63. The Morgan fingerprint density at radius 3 is 2.43 bits per heavy atom. The van der Waals surface area contributed by atoms with E-state index in [9.17, 15) is 8.42 Å². The minimum absolute atomic E-state index is 0.123. The van der Waals surface area contributed by atoms with Gasteiger partial charge in [0.2, 0.25) is 10.0 Å². The normalized spacial score (nSPS) is 21.3. The van der Waals surface area contributed by atoms with Gasteiger partial charge in [-0.1, -0.05) is 31.0 Å². The summed E-state index contributed by atoms with van der Waals surface area (Å²) in [6, 6.07) is 6.45. The fourth-order valence-electron chi connectivity index (χ4n) is 2.86. The van der Waals surface area contributed by atoms with Crippen molar-refractivity contribution in [1.29, 1.82) is 0 Å². The second-order valence-corrected chi connectivity index (χ2v) is 8.21. The van der Waals surface area contributed by atoms with Crippen molar-refractivity contribution in [3.63, 3.8) is 0 Å². The average molecular weight is 325 g/mol. The molecule has 114 valence electrons. The van der Waals surface area contributed by atoms with E-state index in [1.165, 1.54) is 44.2 Å². The molecule has 21 heavy (non-hydrogen) atoms. The number of sulfonamides is 1. The Morgan fingerprint density at radius 1 is 1.14 bits per heavy atom. The van der Waals surface area contributed by atoms with Crippen LogP contribution in [-0.4, -0.2) is 24.9 Å². The summed E-state index contributed by atoms with van der Waals surface area (Å²) in [7, 11) is -3.63. The summed E-state index contributed by atoms with van der Waals surface area (Å²) in [5, 5.41) is 9.29. The van der Waals surface area contributed by atoms with E-state index in [0.29, 0.717) is 0 Å². The smallest absolute Gasteiger partial charge is 0.238 e. The molecule has 3 N–H and O–H groups in total. The van der Waals surface area contributed by atoms with Crippen molar-refractivity contribution < 1.29 is 8.42 Å². The van der Waals surface area contributed by atoms with Crippen LogP contribution in [0, 0.1) is 0 Å². The lowest BCUT2D eigenvalue weighted by Gasteiger charge is -2.29. The van der Waals surface area contributed by atoms with E-state index >= 15 is 0 Å². The number of anilines is 1. The summed E-state index contributed by atoms with van der Waals surface area (Å²) in [5.41, 5.74) is 0.965. The lowest BCUT2D eigenvalue weighted by atomic mass is 9.84. The number of hydrogen-bond donors (Lipinski definition) is 2. The Kier molecular flexibility index (Phi) is 3.98. The number of aliphatic imine (C=N–C) groups is 1. The number of thioether (sulfide) groups is 1. The minimum atomic E-state index is -3.63. The molecule has 1 aliphatic carbocycles. The van der Waals surface area contributed by atoms with Crippen LogP contribution in [0.3, 0.4) is 0 Å². The SMILES string of the molecule is NS(=O)(=O)c1ccc(NC2=NC3(CCCCC3)CS2)cc1. The Bertz CT molecular complexity index is 647. The van der Waals surface area contributed by atoms with E-state index in [1.807, 2.05) is 0 Å².